The lowest BCUT2D eigenvalue weighted by Crippen LogP contribution is -2.17. The second-order valence-electron chi connectivity index (χ2n) is 5.81. The van der Waals surface area contributed by atoms with Gasteiger partial charge in [-0.05, 0) is 23.5 Å². The van der Waals surface area contributed by atoms with Gasteiger partial charge >= 0.3 is 0 Å². The van der Waals surface area contributed by atoms with Crippen molar-refractivity contribution >= 4 is 15.5 Å². The molecular formula is C15H25NO2S. The molecule has 0 heterocycles. The Balaban J connectivity index is 2.60. The normalized spacial score (nSPS) is 12.4. The van der Waals surface area contributed by atoms with Crippen molar-refractivity contribution in [3.63, 3.8) is 0 Å². The summed E-state index contributed by atoms with van der Waals surface area (Å²) in [7, 11) is -2.85. The predicted octanol–water partition coefficient (Wildman–Crippen LogP) is 3.22. The van der Waals surface area contributed by atoms with Crippen molar-refractivity contribution in [1.82, 2.24) is 0 Å². The van der Waals surface area contributed by atoms with Gasteiger partial charge in [-0.1, -0.05) is 45.9 Å². The van der Waals surface area contributed by atoms with E-state index in [0.717, 1.165) is 5.69 Å². The number of sulfone groups is 1. The smallest absolute Gasteiger partial charge is 0.150 e. The molecule has 0 aliphatic heterocycles. The quantitative estimate of drug-likeness (QED) is 0.815. The standard InChI is InChI=1S/C15H25NO2S/c1-5-19(17,18)12-8-11-16-14-10-7-6-9-13(14)15(2,3)4/h6-7,9-10,16H,5,8,11-12H2,1-4H3. The van der Waals surface area contributed by atoms with Gasteiger partial charge in [-0.2, -0.15) is 0 Å². The van der Waals surface area contributed by atoms with Crippen molar-refractivity contribution in [3.8, 4) is 0 Å². The summed E-state index contributed by atoms with van der Waals surface area (Å²) in [5.74, 6) is 0.486. The molecule has 0 spiro atoms. The number of benzene rings is 1. The van der Waals surface area contributed by atoms with Crippen molar-refractivity contribution in [3.05, 3.63) is 29.8 Å². The van der Waals surface area contributed by atoms with Crippen LogP contribution in [0, 0.1) is 0 Å². The van der Waals surface area contributed by atoms with Gasteiger partial charge in [-0.3, -0.25) is 0 Å². The zero-order valence-corrected chi connectivity index (χ0v) is 13.2. The molecule has 0 aliphatic carbocycles. The largest absolute Gasteiger partial charge is 0.385 e. The minimum atomic E-state index is -2.85. The van der Waals surface area contributed by atoms with Crippen molar-refractivity contribution in [2.75, 3.05) is 23.4 Å². The van der Waals surface area contributed by atoms with Crippen LogP contribution < -0.4 is 5.32 Å². The molecule has 4 heteroatoms. The van der Waals surface area contributed by atoms with E-state index in [1.807, 2.05) is 12.1 Å². The van der Waals surface area contributed by atoms with Crippen LogP contribution in [0.4, 0.5) is 5.69 Å². The monoisotopic (exact) mass is 283 g/mol. The highest BCUT2D eigenvalue weighted by Gasteiger charge is 2.17. The topological polar surface area (TPSA) is 46.2 Å². The van der Waals surface area contributed by atoms with Gasteiger partial charge in [0, 0.05) is 18.0 Å². The molecule has 1 aromatic rings. The summed E-state index contributed by atoms with van der Waals surface area (Å²) in [4.78, 5) is 0. The fourth-order valence-electron chi connectivity index (χ4n) is 1.95. The predicted molar refractivity (Wildman–Crippen MR) is 82.6 cm³/mol. The van der Waals surface area contributed by atoms with E-state index < -0.39 is 9.84 Å². The average Bonchev–Trinajstić information content (AvgIpc) is 2.34. The number of nitrogens with one attached hydrogen (secondary N) is 1. The maximum absolute atomic E-state index is 11.4. The Hall–Kier alpha value is -1.03. The van der Waals surface area contributed by atoms with Crippen molar-refractivity contribution in [2.24, 2.45) is 0 Å². The minimum absolute atomic E-state index is 0.0824. The molecule has 1 aromatic carbocycles. The molecule has 0 radical (unpaired) electrons. The molecular weight excluding hydrogens is 258 g/mol. The van der Waals surface area contributed by atoms with Gasteiger partial charge in [0.15, 0.2) is 0 Å². The third-order valence-electron chi connectivity index (χ3n) is 3.12. The summed E-state index contributed by atoms with van der Waals surface area (Å²) in [6.45, 7) is 8.91. The van der Waals surface area contributed by atoms with Crippen molar-refractivity contribution < 1.29 is 8.42 Å². The summed E-state index contributed by atoms with van der Waals surface area (Å²) >= 11 is 0. The number of anilines is 1. The van der Waals surface area contributed by atoms with Gasteiger partial charge in [0.2, 0.25) is 0 Å². The van der Waals surface area contributed by atoms with E-state index in [-0.39, 0.29) is 16.9 Å². The summed E-state index contributed by atoms with van der Waals surface area (Å²) in [5, 5.41) is 3.35. The second kappa shape index (κ2) is 6.42. The summed E-state index contributed by atoms with van der Waals surface area (Å²) in [5.41, 5.74) is 2.44. The molecule has 0 atom stereocenters. The summed E-state index contributed by atoms with van der Waals surface area (Å²) in [6.07, 6.45) is 0.647. The van der Waals surface area contributed by atoms with Crippen LogP contribution in [0.3, 0.4) is 0 Å². The lowest BCUT2D eigenvalue weighted by molar-refractivity contribution is 0.590. The van der Waals surface area contributed by atoms with Gasteiger partial charge in [-0.25, -0.2) is 8.42 Å². The Morgan fingerprint density at radius 3 is 2.37 bits per heavy atom. The van der Waals surface area contributed by atoms with E-state index in [2.05, 4.69) is 38.2 Å². The molecule has 0 saturated carbocycles. The Morgan fingerprint density at radius 2 is 1.79 bits per heavy atom. The molecule has 1 rings (SSSR count). The van der Waals surface area contributed by atoms with Crippen molar-refractivity contribution in [1.29, 1.82) is 0 Å². The summed E-state index contributed by atoms with van der Waals surface area (Å²) < 4.78 is 22.8. The molecule has 0 aliphatic rings. The van der Waals surface area contributed by atoms with Crippen LogP contribution >= 0.6 is 0 Å². The molecule has 1 N–H and O–H groups in total. The number of hydrogen-bond donors (Lipinski definition) is 1. The highest BCUT2D eigenvalue weighted by molar-refractivity contribution is 7.91. The van der Waals surface area contributed by atoms with Crippen LogP contribution in [0.1, 0.15) is 39.7 Å². The van der Waals surface area contributed by atoms with Crippen LogP contribution in [0.2, 0.25) is 0 Å². The Bertz CT molecular complexity index is 501. The fraction of sp³-hybridized carbons (Fsp3) is 0.600. The number of rotatable bonds is 6. The third-order valence-corrected chi connectivity index (χ3v) is 4.91. The van der Waals surface area contributed by atoms with Gasteiger partial charge in [0.05, 0.1) is 5.75 Å². The van der Waals surface area contributed by atoms with E-state index >= 15 is 0 Å². The maximum Gasteiger partial charge on any atom is 0.150 e. The first-order valence-electron chi connectivity index (χ1n) is 6.80. The summed E-state index contributed by atoms with van der Waals surface area (Å²) in [6, 6.07) is 8.20. The third kappa shape index (κ3) is 5.23. The molecule has 0 aromatic heterocycles. The van der Waals surface area contributed by atoms with Gasteiger partial charge in [0.25, 0.3) is 0 Å². The minimum Gasteiger partial charge on any atom is -0.385 e. The lowest BCUT2D eigenvalue weighted by atomic mass is 9.86. The molecule has 0 bridgehead atoms. The lowest BCUT2D eigenvalue weighted by Gasteiger charge is -2.23. The van der Waals surface area contributed by atoms with Crippen LogP contribution in [-0.2, 0) is 15.3 Å². The number of hydrogen-bond acceptors (Lipinski definition) is 3. The zero-order chi connectivity index (χ0) is 14.5. The molecule has 0 fully saturated rings. The average molecular weight is 283 g/mol. The van der Waals surface area contributed by atoms with Gasteiger partial charge in [0.1, 0.15) is 9.84 Å². The fourth-order valence-corrected chi connectivity index (χ4v) is 2.82. The van der Waals surface area contributed by atoms with E-state index in [9.17, 15) is 8.42 Å². The van der Waals surface area contributed by atoms with Crippen LogP contribution in [0.15, 0.2) is 24.3 Å². The molecule has 19 heavy (non-hydrogen) atoms. The van der Waals surface area contributed by atoms with Crippen LogP contribution in [-0.4, -0.2) is 26.5 Å². The van der Waals surface area contributed by atoms with Crippen LogP contribution in [0.25, 0.3) is 0 Å². The highest BCUT2D eigenvalue weighted by Crippen LogP contribution is 2.29. The Labute approximate surface area is 117 Å². The molecule has 0 saturated heterocycles. The van der Waals surface area contributed by atoms with E-state index in [1.165, 1.54) is 5.56 Å². The SMILES string of the molecule is CCS(=O)(=O)CCCNc1ccccc1C(C)(C)C. The van der Waals surface area contributed by atoms with Crippen molar-refractivity contribution in [2.45, 2.75) is 39.5 Å². The molecule has 3 nitrogen and oxygen atoms in total. The first-order chi connectivity index (χ1) is 8.76. The highest BCUT2D eigenvalue weighted by atomic mass is 32.2. The van der Waals surface area contributed by atoms with E-state index in [4.69, 9.17) is 0 Å². The molecule has 0 unspecified atom stereocenters. The Kier molecular flexibility index (Phi) is 5.41. The van der Waals surface area contributed by atoms with E-state index in [1.54, 1.807) is 6.92 Å². The van der Waals surface area contributed by atoms with Gasteiger partial charge < -0.3 is 5.32 Å². The van der Waals surface area contributed by atoms with Gasteiger partial charge in [-0.15, -0.1) is 0 Å². The zero-order valence-electron chi connectivity index (χ0n) is 12.4. The second-order valence-corrected chi connectivity index (χ2v) is 8.29. The Morgan fingerprint density at radius 1 is 1.16 bits per heavy atom. The molecule has 0 amide bonds. The number of para-hydroxylation sites is 1. The molecule has 108 valence electrons. The first-order valence-corrected chi connectivity index (χ1v) is 8.62. The maximum atomic E-state index is 11.4. The van der Waals surface area contributed by atoms with Crippen LogP contribution in [0.5, 0.6) is 0 Å². The first kappa shape index (κ1) is 16.0. The van der Waals surface area contributed by atoms with E-state index in [0.29, 0.717) is 13.0 Å².